The van der Waals surface area contributed by atoms with E-state index in [2.05, 4.69) is 20.8 Å². The Hall–Kier alpha value is -2.17. The number of carbonyl (C=O) groups is 3. The van der Waals surface area contributed by atoms with E-state index in [0.717, 1.165) is 0 Å². The Morgan fingerprint density at radius 2 is 1.59 bits per heavy atom. The normalized spacial score (nSPS) is 16.1. The molecule has 0 saturated carbocycles. The Morgan fingerprint density at radius 1 is 1.04 bits per heavy atom. The fraction of sp³-hybridized carbons (Fsp3) is 0.591. The smallest absolute Gasteiger partial charge is 0.328 e. The molecule has 0 aliphatic carbocycles. The molecule has 0 heterocycles. The first kappa shape index (κ1) is 22.9. The molecule has 0 saturated heterocycles. The van der Waals surface area contributed by atoms with E-state index in [1.807, 2.05) is 25.1 Å². The van der Waals surface area contributed by atoms with Crippen molar-refractivity contribution >= 4 is 17.7 Å². The minimum Gasteiger partial charge on any atom is -0.480 e. The van der Waals surface area contributed by atoms with Gasteiger partial charge in [-0.2, -0.15) is 0 Å². The first-order valence-corrected chi connectivity index (χ1v) is 9.45. The highest BCUT2D eigenvalue weighted by Gasteiger charge is 2.47. The van der Waals surface area contributed by atoms with Crippen LogP contribution in [-0.2, 0) is 24.5 Å². The highest BCUT2D eigenvalue weighted by Crippen LogP contribution is 2.37. The van der Waals surface area contributed by atoms with Crippen LogP contribution in [0.2, 0.25) is 0 Å². The second-order valence-corrected chi connectivity index (χ2v) is 8.55. The SMILES string of the molecule is CCC(C)OC(=O)C(C(=O)O)C(=O)C(C)(CCC(C)(C)C)c1ccccc1. The quantitative estimate of drug-likeness (QED) is 0.511. The van der Waals surface area contributed by atoms with Gasteiger partial charge < -0.3 is 9.84 Å². The van der Waals surface area contributed by atoms with E-state index in [4.69, 9.17) is 4.74 Å². The molecule has 150 valence electrons. The molecule has 0 amide bonds. The maximum atomic E-state index is 13.4. The number of carbonyl (C=O) groups excluding carboxylic acids is 2. The Labute approximate surface area is 162 Å². The van der Waals surface area contributed by atoms with E-state index >= 15 is 0 Å². The van der Waals surface area contributed by atoms with Crippen LogP contribution in [0.1, 0.15) is 66.4 Å². The lowest BCUT2D eigenvalue weighted by molar-refractivity contribution is -0.165. The van der Waals surface area contributed by atoms with Gasteiger partial charge in [0.1, 0.15) is 0 Å². The largest absolute Gasteiger partial charge is 0.480 e. The zero-order valence-corrected chi connectivity index (χ0v) is 17.2. The van der Waals surface area contributed by atoms with E-state index in [1.165, 1.54) is 0 Å². The summed E-state index contributed by atoms with van der Waals surface area (Å²) >= 11 is 0. The summed E-state index contributed by atoms with van der Waals surface area (Å²) in [4.78, 5) is 37.6. The Bertz CT molecular complexity index is 659. The van der Waals surface area contributed by atoms with Crippen molar-refractivity contribution in [3.8, 4) is 0 Å². The van der Waals surface area contributed by atoms with Gasteiger partial charge in [-0.25, -0.2) is 0 Å². The number of ether oxygens (including phenoxy) is 1. The molecule has 5 heteroatoms. The topological polar surface area (TPSA) is 80.7 Å². The second-order valence-electron chi connectivity index (χ2n) is 8.55. The first-order chi connectivity index (χ1) is 12.4. The highest BCUT2D eigenvalue weighted by atomic mass is 16.5. The molecule has 0 aliphatic rings. The molecular weight excluding hydrogens is 344 g/mol. The zero-order chi connectivity index (χ0) is 20.8. The number of esters is 1. The fourth-order valence-corrected chi connectivity index (χ4v) is 2.83. The van der Waals surface area contributed by atoms with Crippen molar-refractivity contribution < 1.29 is 24.2 Å². The lowest BCUT2D eigenvalue weighted by Crippen LogP contribution is -2.45. The van der Waals surface area contributed by atoms with E-state index < -0.39 is 35.2 Å². The molecule has 0 fully saturated rings. The lowest BCUT2D eigenvalue weighted by Gasteiger charge is -2.33. The fourth-order valence-electron chi connectivity index (χ4n) is 2.83. The van der Waals surface area contributed by atoms with Gasteiger partial charge in [-0.3, -0.25) is 14.4 Å². The maximum Gasteiger partial charge on any atom is 0.328 e. The molecule has 3 atom stereocenters. The molecule has 0 radical (unpaired) electrons. The third kappa shape index (κ3) is 6.19. The van der Waals surface area contributed by atoms with Gasteiger partial charge in [-0.15, -0.1) is 0 Å². The first-order valence-electron chi connectivity index (χ1n) is 9.45. The Morgan fingerprint density at radius 3 is 2.04 bits per heavy atom. The lowest BCUT2D eigenvalue weighted by atomic mass is 9.69. The average molecular weight is 376 g/mol. The molecule has 1 aromatic rings. The zero-order valence-electron chi connectivity index (χ0n) is 17.2. The van der Waals surface area contributed by atoms with Gasteiger partial charge in [0.2, 0.25) is 5.92 Å². The van der Waals surface area contributed by atoms with Crippen molar-refractivity contribution in [1.82, 2.24) is 0 Å². The molecule has 5 nitrogen and oxygen atoms in total. The molecule has 0 bridgehead atoms. The monoisotopic (exact) mass is 376 g/mol. The van der Waals surface area contributed by atoms with Crippen molar-refractivity contribution in [2.75, 3.05) is 0 Å². The van der Waals surface area contributed by atoms with Crippen LogP contribution in [0.4, 0.5) is 0 Å². The van der Waals surface area contributed by atoms with Crippen LogP contribution in [-0.4, -0.2) is 28.9 Å². The van der Waals surface area contributed by atoms with E-state index in [9.17, 15) is 19.5 Å². The van der Waals surface area contributed by atoms with Crippen LogP contribution >= 0.6 is 0 Å². The molecule has 0 spiro atoms. The van der Waals surface area contributed by atoms with Crippen LogP contribution in [0.25, 0.3) is 0 Å². The van der Waals surface area contributed by atoms with Crippen molar-refractivity contribution in [3.63, 3.8) is 0 Å². The van der Waals surface area contributed by atoms with Crippen LogP contribution < -0.4 is 0 Å². The molecule has 0 aliphatic heterocycles. The van der Waals surface area contributed by atoms with Crippen LogP contribution in [0.3, 0.4) is 0 Å². The molecule has 3 unspecified atom stereocenters. The van der Waals surface area contributed by atoms with E-state index in [-0.39, 0.29) is 5.41 Å². The van der Waals surface area contributed by atoms with Gasteiger partial charge in [-0.1, -0.05) is 58.0 Å². The number of hydrogen-bond acceptors (Lipinski definition) is 4. The minimum atomic E-state index is -1.83. The van der Waals surface area contributed by atoms with Crippen LogP contribution in [0, 0.1) is 11.3 Å². The Kier molecular flexibility index (Phi) is 7.76. The number of rotatable bonds is 9. The number of carboxylic acids is 1. The standard InChI is InChI=1S/C22H32O5/c1-7-15(2)27-20(26)17(19(24)25)18(23)22(6,14-13-21(3,4)5)16-11-9-8-10-12-16/h8-12,15,17H,7,13-14H2,1-6H3,(H,24,25). The summed E-state index contributed by atoms with van der Waals surface area (Å²) in [6.45, 7) is 11.4. The predicted octanol–water partition coefficient (Wildman–Crippen LogP) is 4.38. The maximum absolute atomic E-state index is 13.4. The Balaban J connectivity index is 3.30. The predicted molar refractivity (Wildman–Crippen MR) is 104 cm³/mol. The van der Waals surface area contributed by atoms with Gasteiger partial charge >= 0.3 is 11.9 Å². The summed E-state index contributed by atoms with van der Waals surface area (Å²) in [7, 11) is 0. The van der Waals surface area contributed by atoms with Gasteiger partial charge in [0.15, 0.2) is 5.78 Å². The van der Waals surface area contributed by atoms with Gasteiger partial charge in [-0.05, 0) is 44.1 Å². The summed E-state index contributed by atoms with van der Waals surface area (Å²) < 4.78 is 5.18. The third-order valence-corrected chi connectivity index (χ3v) is 4.97. The van der Waals surface area contributed by atoms with Crippen molar-refractivity contribution in [2.24, 2.45) is 11.3 Å². The molecule has 27 heavy (non-hydrogen) atoms. The van der Waals surface area contributed by atoms with Crippen molar-refractivity contribution in [1.29, 1.82) is 0 Å². The van der Waals surface area contributed by atoms with Gasteiger partial charge in [0.05, 0.1) is 11.5 Å². The average Bonchev–Trinajstić information content (AvgIpc) is 2.59. The number of ketones is 1. The van der Waals surface area contributed by atoms with Crippen molar-refractivity contribution in [3.05, 3.63) is 35.9 Å². The summed E-state index contributed by atoms with van der Waals surface area (Å²) in [5, 5.41) is 9.62. The van der Waals surface area contributed by atoms with E-state index in [0.29, 0.717) is 24.8 Å². The second kappa shape index (κ2) is 9.16. The summed E-state index contributed by atoms with van der Waals surface area (Å²) in [6.07, 6.45) is 1.26. The molecule has 1 aromatic carbocycles. The number of hydrogen-bond donors (Lipinski definition) is 1. The number of benzene rings is 1. The third-order valence-electron chi connectivity index (χ3n) is 4.97. The molecule has 1 rings (SSSR count). The molecular formula is C22H32O5. The van der Waals surface area contributed by atoms with E-state index in [1.54, 1.807) is 26.0 Å². The summed E-state index contributed by atoms with van der Waals surface area (Å²) in [6, 6.07) is 9.07. The van der Waals surface area contributed by atoms with Crippen molar-refractivity contribution in [2.45, 2.75) is 72.3 Å². The number of aliphatic carboxylic acids is 1. The molecule has 0 aromatic heterocycles. The van der Waals surface area contributed by atoms with Gasteiger partial charge in [0, 0.05) is 0 Å². The number of Topliss-reactive ketones (excluding diaryl/α,β-unsaturated/α-hetero) is 1. The number of carboxylic acid groups (broad SMARTS) is 1. The summed E-state index contributed by atoms with van der Waals surface area (Å²) in [5.74, 6) is -4.91. The van der Waals surface area contributed by atoms with Gasteiger partial charge in [0.25, 0.3) is 0 Å². The highest BCUT2D eigenvalue weighted by molar-refractivity contribution is 6.17. The molecule has 1 N–H and O–H groups in total. The summed E-state index contributed by atoms with van der Waals surface area (Å²) in [5.41, 5.74) is -0.417. The minimum absolute atomic E-state index is 0.0354. The van der Waals surface area contributed by atoms with Crippen LogP contribution in [0.5, 0.6) is 0 Å². The van der Waals surface area contributed by atoms with Crippen LogP contribution in [0.15, 0.2) is 30.3 Å².